The van der Waals surface area contributed by atoms with Crippen LogP contribution in [0.15, 0.2) is 30.5 Å². The highest BCUT2D eigenvalue weighted by Gasteiger charge is 2.18. The fourth-order valence-electron chi connectivity index (χ4n) is 1.69. The second-order valence-corrected chi connectivity index (χ2v) is 3.88. The summed E-state index contributed by atoms with van der Waals surface area (Å²) in [6.07, 6.45) is 1.36. The van der Waals surface area contributed by atoms with Gasteiger partial charge in [-0.25, -0.2) is 19.2 Å². The Balaban J connectivity index is 2.58. The average molecular weight is 260 g/mol. The summed E-state index contributed by atoms with van der Waals surface area (Å²) >= 11 is 0. The molecule has 4 nitrogen and oxygen atoms in total. The number of nitrogens with zero attached hydrogens (tertiary/aromatic N) is 2. The van der Waals surface area contributed by atoms with Gasteiger partial charge in [-0.05, 0) is 26.0 Å². The van der Waals surface area contributed by atoms with Crippen LogP contribution >= 0.6 is 0 Å². The number of aromatic nitrogens is 2. The van der Waals surface area contributed by atoms with Crippen LogP contribution in [0.25, 0.3) is 11.3 Å². The molecular formula is C14H13FN2O2. The smallest absolute Gasteiger partial charge is 0.341 e. The third-order valence-corrected chi connectivity index (χ3v) is 2.53. The topological polar surface area (TPSA) is 52.1 Å². The minimum absolute atomic E-state index is 0.164. The third-order valence-electron chi connectivity index (χ3n) is 2.53. The summed E-state index contributed by atoms with van der Waals surface area (Å²) in [5.74, 6) is -0.529. The van der Waals surface area contributed by atoms with E-state index in [0.717, 1.165) is 0 Å². The van der Waals surface area contributed by atoms with Crippen LogP contribution in [-0.4, -0.2) is 22.5 Å². The van der Waals surface area contributed by atoms with E-state index in [-0.39, 0.29) is 23.4 Å². The maximum Gasteiger partial charge on any atom is 0.341 e. The summed E-state index contributed by atoms with van der Waals surface area (Å²) in [6, 6.07) is 6.16. The SMILES string of the molecule is CCOC(=O)c1cnc(C)nc1-c1ccccc1F. The fraction of sp³-hybridized carbons (Fsp3) is 0.214. The Morgan fingerprint density at radius 1 is 1.37 bits per heavy atom. The van der Waals surface area contributed by atoms with Crippen molar-refractivity contribution in [1.29, 1.82) is 0 Å². The molecule has 0 spiro atoms. The molecule has 0 aliphatic heterocycles. The second kappa shape index (κ2) is 5.56. The molecule has 2 rings (SSSR count). The molecule has 0 atom stereocenters. The number of carbonyl (C=O) groups excluding carboxylic acids is 1. The molecule has 0 aliphatic carbocycles. The van der Waals surface area contributed by atoms with E-state index in [0.29, 0.717) is 5.82 Å². The van der Waals surface area contributed by atoms with Crippen molar-refractivity contribution in [3.05, 3.63) is 47.7 Å². The number of benzene rings is 1. The van der Waals surface area contributed by atoms with Crippen molar-refractivity contribution in [3.8, 4) is 11.3 Å². The molecule has 0 aliphatic rings. The first-order valence-electron chi connectivity index (χ1n) is 5.89. The average Bonchev–Trinajstić information content (AvgIpc) is 2.39. The molecule has 0 radical (unpaired) electrons. The molecule has 0 saturated heterocycles. The van der Waals surface area contributed by atoms with E-state index in [9.17, 15) is 9.18 Å². The van der Waals surface area contributed by atoms with Gasteiger partial charge >= 0.3 is 5.97 Å². The van der Waals surface area contributed by atoms with Crippen LogP contribution in [0, 0.1) is 12.7 Å². The summed E-state index contributed by atoms with van der Waals surface area (Å²) in [6.45, 7) is 3.62. The zero-order chi connectivity index (χ0) is 13.8. The molecule has 0 unspecified atom stereocenters. The molecule has 0 amide bonds. The zero-order valence-electron chi connectivity index (χ0n) is 10.7. The van der Waals surface area contributed by atoms with Crippen molar-refractivity contribution < 1.29 is 13.9 Å². The Hall–Kier alpha value is -2.30. The Kier molecular flexibility index (Phi) is 3.85. The molecule has 1 aromatic carbocycles. The maximum atomic E-state index is 13.8. The molecule has 98 valence electrons. The van der Waals surface area contributed by atoms with E-state index < -0.39 is 11.8 Å². The highest BCUT2D eigenvalue weighted by Crippen LogP contribution is 2.24. The predicted molar refractivity (Wildman–Crippen MR) is 68.1 cm³/mol. The van der Waals surface area contributed by atoms with E-state index in [4.69, 9.17) is 4.74 Å². The van der Waals surface area contributed by atoms with E-state index in [1.807, 2.05) is 0 Å². The van der Waals surface area contributed by atoms with Gasteiger partial charge < -0.3 is 4.74 Å². The van der Waals surface area contributed by atoms with E-state index >= 15 is 0 Å². The Morgan fingerprint density at radius 3 is 2.79 bits per heavy atom. The van der Waals surface area contributed by atoms with Gasteiger partial charge in [0.05, 0.1) is 12.3 Å². The number of carbonyl (C=O) groups is 1. The summed E-state index contributed by atoms with van der Waals surface area (Å²) in [4.78, 5) is 20.0. The number of ether oxygens (including phenoxy) is 1. The lowest BCUT2D eigenvalue weighted by molar-refractivity contribution is 0.0526. The van der Waals surface area contributed by atoms with Crippen LogP contribution in [0.2, 0.25) is 0 Å². The molecule has 5 heteroatoms. The van der Waals surface area contributed by atoms with Crippen molar-refractivity contribution in [2.24, 2.45) is 0 Å². The van der Waals surface area contributed by atoms with E-state index in [1.165, 1.54) is 12.3 Å². The van der Waals surface area contributed by atoms with Crippen LogP contribution in [0.1, 0.15) is 23.1 Å². The standard InChI is InChI=1S/C14H13FN2O2/c1-3-19-14(18)11-8-16-9(2)17-13(11)10-6-4-5-7-12(10)15/h4-8H,3H2,1-2H3. The molecule has 0 N–H and O–H groups in total. The van der Waals surface area contributed by atoms with Crippen LogP contribution in [-0.2, 0) is 4.74 Å². The number of hydrogen-bond donors (Lipinski definition) is 0. The van der Waals surface area contributed by atoms with Gasteiger partial charge in [-0.15, -0.1) is 0 Å². The molecule has 2 aromatic rings. The largest absolute Gasteiger partial charge is 0.462 e. The van der Waals surface area contributed by atoms with Gasteiger partial charge in [-0.1, -0.05) is 12.1 Å². The molecule has 19 heavy (non-hydrogen) atoms. The summed E-state index contributed by atoms with van der Waals surface area (Å²) in [5.41, 5.74) is 0.678. The van der Waals surface area contributed by atoms with Gasteiger partial charge in [0.15, 0.2) is 0 Å². The highest BCUT2D eigenvalue weighted by atomic mass is 19.1. The van der Waals surface area contributed by atoms with Crippen molar-refractivity contribution in [1.82, 2.24) is 9.97 Å². The lowest BCUT2D eigenvalue weighted by Gasteiger charge is -2.09. The van der Waals surface area contributed by atoms with E-state index in [1.54, 1.807) is 32.0 Å². The summed E-state index contributed by atoms with van der Waals surface area (Å²) in [7, 11) is 0. The molecule has 0 saturated carbocycles. The Labute approximate surface area is 110 Å². The first kappa shape index (κ1) is 13.1. The fourth-order valence-corrected chi connectivity index (χ4v) is 1.69. The summed E-state index contributed by atoms with van der Waals surface area (Å²) < 4.78 is 18.8. The predicted octanol–water partition coefficient (Wildman–Crippen LogP) is 2.77. The molecular weight excluding hydrogens is 247 g/mol. The van der Waals surface area contributed by atoms with Crippen molar-refractivity contribution in [2.75, 3.05) is 6.61 Å². The number of esters is 1. The van der Waals surface area contributed by atoms with Gasteiger partial charge in [0, 0.05) is 11.8 Å². The van der Waals surface area contributed by atoms with Crippen LogP contribution in [0.5, 0.6) is 0 Å². The second-order valence-electron chi connectivity index (χ2n) is 3.88. The lowest BCUT2D eigenvalue weighted by Crippen LogP contribution is -2.09. The van der Waals surface area contributed by atoms with Gasteiger partial charge in [0.1, 0.15) is 17.2 Å². The molecule has 1 aromatic heterocycles. The maximum absolute atomic E-state index is 13.8. The minimum Gasteiger partial charge on any atom is -0.462 e. The Bertz CT molecular complexity index is 614. The van der Waals surface area contributed by atoms with Crippen molar-refractivity contribution in [2.45, 2.75) is 13.8 Å². The lowest BCUT2D eigenvalue weighted by atomic mass is 10.1. The van der Waals surface area contributed by atoms with Gasteiger partial charge in [-0.3, -0.25) is 0 Å². The van der Waals surface area contributed by atoms with Crippen LogP contribution < -0.4 is 0 Å². The quantitative estimate of drug-likeness (QED) is 0.796. The molecule has 0 fully saturated rings. The molecule has 0 bridgehead atoms. The van der Waals surface area contributed by atoms with Crippen molar-refractivity contribution >= 4 is 5.97 Å². The number of aryl methyl sites for hydroxylation is 1. The first-order chi connectivity index (χ1) is 9.13. The zero-order valence-corrected chi connectivity index (χ0v) is 10.7. The molecule has 1 heterocycles. The van der Waals surface area contributed by atoms with Gasteiger partial charge in [0.2, 0.25) is 0 Å². The monoisotopic (exact) mass is 260 g/mol. The Morgan fingerprint density at radius 2 is 2.11 bits per heavy atom. The highest BCUT2D eigenvalue weighted by molar-refractivity contribution is 5.95. The number of hydrogen-bond acceptors (Lipinski definition) is 4. The normalized spacial score (nSPS) is 10.3. The number of halogens is 1. The van der Waals surface area contributed by atoms with Gasteiger partial charge in [-0.2, -0.15) is 0 Å². The van der Waals surface area contributed by atoms with E-state index in [2.05, 4.69) is 9.97 Å². The summed E-state index contributed by atoms with van der Waals surface area (Å²) in [5, 5.41) is 0. The van der Waals surface area contributed by atoms with Gasteiger partial charge in [0.25, 0.3) is 0 Å². The van der Waals surface area contributed by atoms with Crippen molar-refractivity contribution in [3.63, 3.8) is 0 Å². The number of rotatable bonds is 3. The first-order valence-corrected chi connectivity index (χ1v) is 5.89. The van der Waals surface area contributed by atoms with Crippen LogP contribution in [0.3, 0.4) is 0 Å². The van der Waals surface area contributed by atoms with Crippen LogP contribution in [0.4, 0.5) is 4.39 Å². The minimum atomic E-state index is -0.555. The third kappa shape index (κ3) is 2.76.